The molecule has 0 spiro atoms. The molecule has 1 aliphatic rings. The van der Waals surface area contributed by atoms with E-state index in [2.05, 4.69) is 11.8 Å². The molecule has 2 nitrogen and oxygen atoms in total. The molecule has 0 saturated heterocycles. The average Bonchev–Trinajstić information content (AvgIpc) is 2.46. The van der Waals surface area contributed by atoms with Gasteiger partial charge in [-0.2, -0.15) is 0 Å². The maximum absolute atomic E-state index is 5.69. The van der Waals surface area contributed by atoms with Gasteiger partial charge in [-0.1, -0.05) is 58.3 Å². The van der Waals surface area contributed by atoms with E-state index in [1.807, 2.05) is 0 Å². The molecule has 1 rings (SSSR count). The SMILES string of the molecule is CCCCCCCCN(CCCN)C1CCCCC1. The summed E-state index contributed by atoms with van der Waals surface area (Å²) in [4.78, 5) is 2.76. The Bertz CT molecular complexity index is 188. The van der Waals surface area contributed by atoms with Crippen LogP contribution in [-0.4, -0.2) is 30.6 Å². The zero-order chi connectivity index (χ0) is 13.8. The molecule has 0 aliphatic heterocycles. The molecule has 0 bridgehead atoms. The molecule has 0 radical (unpaired) electrons. The van der Waals surface area contributed by atoms with Crippen LogP contribution in [0.4, 0.5) is 0 Å². The van der Waals surface area contributed by atoms with Crippen LogP contribution >= 0.6 is 0 Å². The summed E-state index contributed by atoms with van der Waals surface area (Å²) in [6.45, 7) is 5.68. The van der Waals surface area contributed by atoms with Gasteiger partial charge in [0.05, 0.1) is 0 Å². The monoisotopic (exact) mass is 268 g/mol. The highest BCUT2D eigenvalue weighted by Crippen LogP contribution is 2.23. The lowest BCUT2D eigenvalue weighted by molar-refractivity contribution is 0.152. The number of unbranched alkanes of at least 4 members (excludes halogenated alkanes) is 5. The second-order valence-corrected chi connectivity index (χ2v) is 6.24. The minimum atomic E-state index is 0.847. The number of nitrogens with two attached hydrogens (primary N) is 1. The van der Waals surface area contributed by atoms with Gasteiger partial charge < -0.3 is 10.6 Å². The van der Waals surface area contributed by atoms with Crippen molar-refractivity contribution < 1.29 is 0 Å². The van der Waals surface area contributed by atoms with E-state index in [-0.39, 0.29) is 0 Å². The Labute approximate surface area is 121 Å². The number of nitrogens with zero attached hydrogens (tertiary/aromatic N) is 1. The van der Waals surface area contributed by atoms with Gasteiger partial charge in [0.1, 0.15) is 0 Å². The van der Waals surface area contributed by atoms with Crippen molar-refractivity contribution in [1.29, 1.82) is 0 Å². The fraction of sp³-hybridized carbons (Fsp3) is 1.00. The summed E-state index contributed by atoms with van der Waals surface area (Å²) in [5.74, 6) is 0. The molecule has 0 unspecified atom stereocenters. The summed E-state index contributed by atoms with van der Waals surface area (Å²) in [6.07, 6.45) is 16.8. The molecule has 0 aromatic rings. The molecule has 114 valence electrons. The van der Waals surface area contributed by atoms with Gasteiger partial charge in [0, 0.05) is 6.04 Å². The van der Waals surface area contributed by atoms with Crippen LogP contribution in [0.15, 0.2) is 0 Å². The van der Waals surface area contributed by atoms with Gasteiger partial charge in [-0.15, -0.1) is 0 Å². The number of hydrogen-bond donors (Lipinski definition) is 1. The van der Waals surface area contributed by atoms with Gasteiger partial charge in [0.2, 0.25) is 0 Å². The highest BCUT2D eigenvalue weighted by atomic mass is 15.1. The minimum Gasteiger partial charge on any atom is -0.330 e. The highest BCUT2D eigenvalue weighted by Gasteiger charge is 2.19. The maximum atomic E-state index is 5.69. The zero-order valence-corrected chi connectivity index (χ0v) is 13.2. The fourth-order valence-corrected chi connectivity index (χ4v) is 3.31. The summed E-state index contributed by atoms with van der Waals surface area (Å²) in [7, 11) is 0. The lowest BCUT2D eigenvalue weighted by Crippen LogP contribution is -2.38. The minimum absolute atomic E-state index is 0.847. The maximum Gasteiger partial charge on any atom is 0.00952 e. The molecule has 0 atom stereocenters. The molecule has 0 aromatic carbocycles. The Morgan fingerprint density at radius 3 is 2.16 bits per heavy atom. The van der Waals surface area contributed by atoms with Gasteiger partial charge in [-0.05, 0) is 45.3 Å². The first-order chi connectivity index (χ1) is 9.38. The van der Waals surface area contributed by atoms with Gasteiger partial charge in [-0.3, -0.25) is 0 Å². The van der Waals surface area contributed by atoms with Crippen molar-refractivity contribution in [3.63, 3.8) is 0 Å². The molecule has 0 amide bonds. The molecule has 2 heteroatoms. The molecular weight excluding hydrogens is 232 g/mol. The van der Waals surface area contributed by atoms with E-state index in [1.54, 1.807) is 0 Å². The third-order valence-electron chi connectivity index (χ3n) is 4.54. The molecule has 0 heterocycles. The average molecular weight is 268 g/mol. The van der Waals surface area contributed by atoms with Crippen LogP contribution in [0, 0.1) is 0 Å². The Hall–Kier alpha value is -0.0800. The lowest BCUT2D eigenvalue weighted by Gasteiger charge is -2.34. The van der Waals surface area contributed by atoms with Crippen molar-refractivity contribution in [2.45, 2.75) is 90.0 Å². The largest absolute Gasteiger partial charge is 0.330 e. The van der Waals surface area contributed by atoms with E-state index in [0.717, 1.165) is 12.6 Å². The van der Waals surface area contributed by atoms with Crippen LogP contribution in [0.3, 0.4) is 0 Å². The highest BCUT2D eigenvalue weighted by molar-refractivity contribution is 4.76. The van der Waals surface area contributed by atoms with Crippen molar-refractivity contribution in [2.24, 2.45) is 5.73 Å². The summed E-state index contributed by atoms with van der Waals surface area (Å²) in [5, 5.41) is 0. The summed E-state index contributed by atoms with van der Waals surface area (Å²) in [5.41, 5.74) is 5.69. The fourth-order valence-electron chi connectivity index (χ4n) is 3.31. The predicted octanol–water partition coefficient (Wildman–Crippen LogP) is 4.33. The second-order valence-electron chi connectivity index (χ2n) is 6.24. The number of rotatable bonds is 11. The van der Waals surface area contributed by atoms with Crippen LogP contribution in [0.2, 0.25) is 0 Å². The van der Waals surface area contributed by atoms with Crippen LogP contribution in [-0.2, 0) is 0 Å². The van der Waals surface area contributed by atoms with Crippen molar-refractivity contribution in [2.75, 3.05) is 19.6 Å². The van der Waals surface area contributed by atoms with Crippen molar-refractivity contribution in [3.05, 3.63) is 0 Å². The first kappa shape index (κ1) is 17.0. The topological polar surface area (TPSA) is 29.3 Å². The van der Waals surface area contributed by atoms with E-state index < -0.39 is 0 Å². The number of hydrogen-bond acceptors (Lipinski definition) is 2. The van der Waals surface area contributed by atoms with Crippen molar-refractivity contribution in [1.82, 2.24) is 4.90 Å². The van der Waals surface area contributed by atoms with E-state index in [9.17, 15) is 0 Å². The first-order valence-electron chi connectivity index (χ1n) is 8.82. The lowest BCUT2D eigenvalue weighted by atomic mass is 9.93. The van der Waals surface area contributed by atoms with E-state index in [0.29, 0.717) is 0 Å². The second kappa shape index (κ2) is 11.7. The molecular formula is C17H36N2. The first-order valence-corrected chi connectivity index (χ1v) is 8.82. The molecule has 1 fully saturated rings. The van der Waals surface area contributed by atoms with Gasteiger partial charge >= 0.3 is 0 Å². The third kappa shape index (κ3) is 7.94. The Kier molecular flexibility index (Phi) is 10.5. The standard InChI is InChI=1S/C17H36N2/c1-2-3-4-5-6-10-15-19(16-11-14-18)17-12-8-7-9-13-17/h17H,2-16,18H2,1H3. The molecule has 2 N–H and O–H groups in total. The van der Waals surface area contributed by atoms with Crippen LogP contribution in [0.1, 0.15) is 84.0 Å². The summed E-state index contributed by atoms with van der Waals surface area (Å²) >= 11 is 0. The van der Waals surface area contributed by atoms with E-state index in [1.165, 1.54) is 90.1 Å². The molecule has 0 aromatic heterocycles. The van der Waals surface area contributed by atoms with Crippen molar-refractivity contribution >= 4 is 0 Å². The predicted molar refractivity (Wildman–Crippen MR) is 85.5 cm³/mol. The van der Waals surface area contributed by atoms with Crippen LogP contribution in [0.25, 0.3) is 0 Å². The van der Waals surface area contributed by atoms with Crippen molar-refractivity contribution in [3.8, 4) is 0 Å². The van der Waals surface area contributed by atoms with Crippen LogP contribution < -0.4 is 5.73 Å². The quantitative estimate of drug-likeness (QED) is 0.565. The molecule has 1 saturated carbocycles. The zero-order valence-electron chi connectivity index (χ0n) is 13.2. The van der Waals surface area contributed by atoms with Gasteiger partial charge in [-0.25, -0.2) is 0 Å². The smallest absolute Gasteiger partial charge is 0.00952 e. The van der Waals surface area contributed by atoms with E-state index >= 15 is 0 Å². The molecule has 1 aliphatic carbocycles. The summed E-state index contributed by atoms with van der Waals surface area (Å²) < 4.78 is 0. The van der Waals surface area contributed by atoms with Gasteiger partial charge in [0.15, 0.2) is 0 Å². The Balaban J connectivity index is 2.16. The van der Waals surface area contributed by atoms with Gasteiger partial charge in [0.25, 0.3) is 0 Å². The third-order valence-corrected chi connectivity index (χ3v) is 4.54. The Morgan fingerprint density at radius 2 is 1.47 bits per heavy atom. The normalized spacial score (nSPS) is 17.2. The van der Waals surface area contributed by atoms with Crippen LogP contribution in [0.5, 0.6) is 0 Å². The molecule has 19 heavy (non-hydrogen) atoms. The summed E-state index contributed by atoms with van der Waals surface area (Å²) in [6, 6.07) is 0.871. The van der Waals surface area contributed by atoms with E-state index in [4.69, 9.17) is 5.73 Å². The Morgan fingerprint density at radius 1 is 0.842 bits per heavy atom.